The molecule has 0 N–H and O–H groups in total. The molecule has 72 valence electrons. The zero-order chi connectivity index (χ0) is 10.1. The van der Waals surface area contributed by atoms with E-state index in [-0.39, 0.29) is 0 Å². The smallest absolute Gasteiger partial charge is 0.437 e. The number of methoxy groups -OCH3 is 1. The number of carbonyl (C=O) groups is 1. The zero-order valence-electron chi connectivity index (χ0n) is 6.38. The first kappa shape index (κ1) is 9.56. The molecule has 1 rings (SSSR count). The van der Waals surface area contributed by atoms with Crippen LogP contribution in [0.1, 0.15) is 16.1 Å². The number of halogens is 3. The normalized spacial score (nSPS) is 11.4. The summed E-state index contributed by atoms with van der Waals surface area (Å²) in [7, 11) is 0.968. The minimum Gasteiger partial charge on any atom is -0.465 e. The molecule has 0 aliphatic rings. The van der Waals surface area contributed by atoms with E-state index in [4.69, 9.17) is 0 Å². The third-order valence-corrected chi connectivity index (χ3v) is 1.24. The molecule has 1 heterocycles. The second kappa shape index (κ2) is 3.08. The topological polar surface area (TPSA) is 52.3 Å². The van der Waals surface area contributed by atoms with E-state index in [1.54, 1.807) is 0 Å². The Morgan fingerprint density at radius 1 is 1.62 bits per heavy atom. The number of hydrogen-bond acceptors (Lipinski definition) is 4. The molecule has 0 aliphatic heterocycles. The average Bonchev–Trinajstić information content (AvgIpc) is 2.49. The van der Waals surface area contributed by atoms with E-state index < -0.39 is 23.4 Å². The van der Waals surface area contributed by atoms with Crippen LogP contribution < -0.4 is 0 Å². The molecule has 0 atom stereocenters. The summed E-state index contributed by atoms with van der Waals surface area (Å²) in [4.78, 5) is 10.7. The van der Waals surface area contributed by atoms with Crippen molar-refractivity contribution in [2.45, 2.75) is 6.18 Å². The fourth-order valence-electron chi connectivity index (χ4n) is 0.696. The van der Waals surface area contributed by atoms with Gasteiger partial charge in [0.1, 0.15) is 11.8 Å². The van der Waals surface area contributed by atoms with Crippen LogP contribution >= 0.6 is 0 Å². The molecule has 0 saturated heterocycles. The van der Waals surface area contributed by atoms with Gasteiger partial charge in [-0.05, 0) is 0 Å². The fraction of sp³-hybridized carbons (Fsp3) is 0.333. The van der Waals surface area contributed by atoms with Gasteiger partial charge in [0.15, 0.2) is 0 Å². The van der Waals surface area contributed by atoms with Gasteiger partial charge in [-0.15, -0.1) is 0 Å². The molecule has 0 amide bonds. The number of rotatable bonds is 1. The van der Waals surface area contributed by atoms with E-state index >= 15 is 0 Å². The van der Waals surface area contributed by atoms with E-state index in [1.807, 2.05) is 0 Å². The number of alkyl halides is 3. The Hall–Kier alpha value is -1.53. The van der Waals surface area contributed by atoms with E-state index in [0.29, 0.717) is 6.26 Å². The fourth-order valence-corrected chi connectivity index (χ4v) is 0.696. The van der Waals surface area contributed by atoms with Crippen molar-refractivity contribution in [2.75, 3.05) is 7.11 Å². The molecule has 4 nitrogen and oxygen atoms in total. The summed E-state index contributed by atoms with van der Waals surface area (Å²) in [5.41, 5.74) is -2.10. The zero-order valence-corrected chi connectivity index (χ0v) is 6.38. The first-order chi connectivity index (χ1) is 5.96. The van der Waals surface area contributed by atoms with Gasteiger partial charge in [-0.1, -0.05) is 5.16 Å². The standard InChI is InChI=1S/C6H4F3NO3/c1-12-5(11)3-2-13-10-4(3)6(7,8)9/h2H,1H3. The summed E-state index contributed by atoms with van der Waals surface area (Å²) in [6.45, 7) is 0. The minimum absolute atomic E-state index is 0.592. The molecule has 0 aliphatic carbocycles. The van der Waals surface area contributed by atoms with Crippen LogP contribution in [0.3, 0.4) is 0 Å². The molecule has 0 saturated carbocycles. The molecule has 0 spiro atoms. The van der Waals surface area contributed by atoms with Crippen molar-refractivity contribution in [2.24, 2.45) is 0 Å². The SMILES string of the molecule is COC(=O)c1conc1C(F)(F)F. The lowest BCUT2D eigenvalue weighted by molar-refractivity contribution is -0.143. The van der Waals surface area contributed by atoms with Crippen molar-refractivity contribution in [3.8, 4) is 0 Å². The van der Waals surface area contributed by atoms with Gasteiger partial charge in [0, 0.05) is 0 Å². The van der Waals surface area contributed by atoms with Crippen molar-refractivity contribution >= 4 is 5.97 Å². The molecule has 0 fully saturated rings. The van der Waals surface area contributed by atoms with E-state index in [0.717, 1.165) is 7.11 Å². The summed E-state index contributed by atoms with van der Waals surface area (Å²) in [6.07, 6.45) is -4.12. The summed E-state index contributed by atoms with van der Waals surface area (Å²) >= 11 is 0. The Kier molecular flexibility index (Phi) is 2.26. The molecule has 0 bridgehead atoms. The third-order valence-electron chi connectivity index (χ3n) is 1.24. The highest BCUT2D eigenvalue weighted by molar-refractivity contribution is 5.90. The maximum atomic E-state index is 12.0. The average molecular weight is 195 g/mol. The molecule has 0 radical (unpaired) electrons. The monoisotopic (exact) mass is 195 g/mol. The summed E-state index contributed by atoms with van der Waals surface area (Å²) in [6, 6.07) is 0. The van der Waals surface area contributed by atoms with Crippen LogP contribution in [0.2, 0.25) is 0 Å². The highest BCUT2D eigenvalue weighted by atomic mass is 19.4. The Balaban J connectivity index is 3.10. The minimum atomic E-state index is -4.71. The highest BCUT2D eigenvalue weighted by Crippen LogP contribution is 2.30. The quantitative estimate of drug-likeness (QED) is 0.637. The van der Waals surface area contributed by atoms with Gasteiger partial charge in [-0.2, -0.15) is 13.2 Å². The first-order valence-electron chi connectivity index (χ1n) is 3.06. The Morgan fingerprint density at radius 2 is 2.23 bits per heavy atom. The summed E-state index contributed by atoms with van der Waals surface area (Å²) in [5.74, 6) is -1.13. The van der Waals surface area contributed by atoms with Gasteiger partial charge in [-0.25, -0.2) is 4.79 Å². The lowest BCUT2D eigenvalue weighted by Gasteiger charge is -2.02. The summed E-state index contributed by atoms with van der Waals surface area (Å²) < 4.78 is 44.3. The van der Waals surface area contributed by atoms with Crippen LogP contribution in [-0.4, -0.2) is 18.2 Å². The number of carbonyl (C=O) groups excluding carboxylic acids is 1. The van der Waals surface area contributed by atoms with E-state index in [9.17, 15) is 18.0 Å². The number of aromatic nitrogens is 1. The first-order valence-corrected chi connectivity index (χ1v) is 3.06. The van der Waals surface area contributed by atoms with Gasteiger partial charge < -0.3 is 9.26 Å². The predicted octanol–water partition coefficient (Wildman–Crippen LogP) is 1.48. The van der Waals surface area contributed by atoms with Crippen LogP contribution in [0.25, 0.3) is 0 Å². The van der Waals surface area contributed by atoms with Crippen LogP contribution in [0.15, 0.2) is 10.8 Å². The van der Waals surface area contributed by atoms with Crippen molar-refractivity contribution in [3.63, 3.8) is 0 Å². The molecule has 0 unspecified atom stereocenters. The third kappa shape index (κ3) is 1.79. The van der Waals surface area contributed by atoms with Crippen molar-refractivity contribution < 1.29 is 27.2 Å². The largest absolute Gasteiger partial charge is 0.465 e. The van der Waals surface area contributed by atoms with Crippen molar-refractivity contribution in [1.29, 1.82) is 0 Å². The van der Waals surface area contributed by atoms with Gasteiger partial charge in [-0.3, -0.25) is 0 Å². The van der Waals surface area contributed by atoms with Gasteiger partial charge in [0.2, 0.25) is 5.69 Å². The second-order valence-electron chi connectivity index (χ2n) is 2.07. The van der Waals surface area contributed by atoms with Crippen molar-refractivity contribution in [1.82, 2.24) is 5.16 Å². The van der Waals surface area contributed by atoms with Gasteiger partial charge >= 0.3 is 12.1 Å². The maximum Gasteiger partial charge on any atom is 0.437 e. The van der Waals surface area contributed by atoms with Gasteiger partial charge in [0.25, 0.3) is 0 Å². The van der Waals surface area contributed by atoms with Crippen LogP contribution in [0.5, 0.6) is 0 Å². The Bertz CT molecular complexity index is 317. The molecule has 7 heteroatoms. The highest BCUT2D eigenvalue weighted by Gasteiger charge is 2.39. The molecule has 1 aromatic heterocycles. The van der Waals surface area contributed by atoms with Crippen LogP contribution in [0, 0.1) is 0 Å². The predicted molar refractivity (Wildman–Crippen MR) is 32.8 cm³/mol. The number of ether oxygens (including phenoxy) is 1. The molecule has 13 heavy (non-hydrogen) atoms. The molecule has 0 aromatic carbocycles. The number of hydrogen-bond donors (Lipinski definition) is 0. The lowest BCUT2D eigenvalue weighted by Crippen LogP contribution is -2.12. The Labute approximate surface area is 70.3 Å². The van der Waals surface area contributed by atoms with Crippen LogP contribution in [0.4, 0.5) is 13.2 Å². The summed E-state index contributed by atoms with van der Waals surface area (Å²) in [5, 5.41) is 2.66. The number of nitrogens with zero attached hydrogens (tertiary/aromatic N) is 1. The van der Waals surface area contributed by atoms with Crippen molar-refractivity contribution in [3.05, 3.63) is 17.5 Å². The molecule has 1 aromatic rings. The molecular formula is C6H4F3NO3. The van der Waals surface area contributed by atoms with E-state index in [1.165, 1.54) is 0 Å². The van der Waals surface area contributed by atoms with Crippen LogP contribution in [-0.2, 0) is 10.9 Å². The molecular weight excluding hydrogens is 191 g/mol. The lowest BCUT2D eigenvalue weighted by atomic mass is 10.2. The van der Waals surface area contributed by atoms with Gasteiger partial charge in [0.05, 0.1) is 7.11 Å². The van der Waals surface area contributed by atoms with E-state index in [2.05, 4.69) is 14.4 Å². The maximum absolute atomic E-state index is 12.0. The second-order valence-corrected chi connectivity index (χ2v) is 2.07. The Morgan fingerprint density at radius 3 is 2.69 bits per heavy atom. The number of esters is 1.